The first-order valence-corrected chi connectivity index (χ1v) is 6.80. The van der Waals surface area contributed by atoms with Crippen LogP contribution in [0.15, 0.2) is 27.9 Å². The van der Waals surface area contributed by atoms with Gasteiger partial charge in [-0.25, -0.2) is 0 Å². The van der Waals surface area contributed by atoms with Crippen LogP contribution in [0.3, 0.4) is 0 Å². The van der Waals surface area contributed by atoms with Crippen molar-refractivity contribution in [2.24, 2.45) is 16.6 Å². The molecule has 0 aliphatic carbocycles. The average Bonchev–Trinajstić information content (AvgIpc) is 2.42. The van der Waals surface area contributed by atoms with E-state index in [2.05, 4.69) is 18.8 Å². The van der Waals surface area contributed by atoms with Crippen molar-refractivity contribution in [3.8, 4) is 0 Å². The van der Waals surface area contributed by atoms with Gasteiger partial charge in [-0.2, -0.15) is 0 Å². The van der Waals surface area contributed by atoms with Gasteiger partial charge in [0.05, 0.1) is 6.54 Å². The predicted molar refractivity (Wildman–Crippen MR) is 76.4 cm³/mol. The molecule has 2 nitrogen and oxygen atoms in total. The highest BCUT2D eigenvalue weighted by molar-refractivity contribution is 6.69. The van der Waals surface area contributed by atoms with Crippen LogP contribution in [-0.2, 0) is 0 Å². The maximum atomic E-state index is 6.20. The highest BCUT2D eigenvalue weighted by Crippen LogP contribution is 2.23. The van der Waals surface area contributed by atoms with Crippen LogP contribution in [0.1, 0.15) is 46.5 Å². The fourth-order valence-corrected chi connectivity index (χ4v) is 2.23. The molecule has 1 unspecified atom stereocenters. The van der Waals surface area contributed by atoms with E-state index in [1.807, 2.05) is 13.0 Å². The van der Waals surface area contributed by atoms with Crippen molar-refractivity contribution in [3.63, 3.8) is 0 Å². The zero-order valence-electron chi connectivity index (χ0n) is 11.1. The number of aliphatic imine (C=N–C) groups is 1. The third-order valence-electron chi connectivity index (χ3n) is 3.50. The Hall–Kier alpha value is -0.760. The van der Waals surface area contributed by atoms with E-state index < -0.39 is 0 Å². The molecule has 0 saturated heterocycles. The van der Waals surface area contributed by atoms with E-state index in [1.165, 1.54) is 12.8 Å². The minimum atomic E-state index is 0.594. The Morgan fingerprint density at radius 1 is 1.53 bits per heavy atom. The van der Waals surface area contributed by atoms with Crippen LogP contribution in [0, 0.1) is 5.92 Å². The van der Waals surface area contributed by atoms with E-state index in [-0.39, 0.29) is 0 Å². The van der Waals surface area contributed by atoms with Gasteiger partial charge in [0, 0.05) is 5.70 Å². The fourth-order valence-electron chi connectivity index (χ4n) is 1.92. The first-order chi connectivity index (χ1) is 8.06. The molecular weight excluding hydrogens is 232 g/mol. The van der Waals surface area contributed by atoms with Crippen LogP contribution < -0.4 is 5.73 Å². The minimum absolute atomic E-state index is 0.594. The molecular formula is C14H23ClN2. The Morgan fingerprint density at radius 3 is 2.88 bits per heavy atom. The molecule has 96 valence electrons. The molecule has 1 aliphatic rings. The summed E-state index contributed by atoms with van der Waals surface area (Å²) in [6.07, 6.45) is 6.54. The van der Waals surface area contributed by atoms with Gasteiger partial charge in [-0.05, 0) is 42.9 Å². The number of halogens is 1. The van der Waals surface area contributed by atoms with Gasteiger partial charge in [0.25, 0.3) is 0 Å². The topological polar surface area (TPSA) is 38.4 Å². The number of hydrogen-bond donors (Lipinski definition) is 1. The number of rotatable bonds is 5. The maximum Gasteiger partial charge on any atom is 0.127 e. The van der Waals surface area contributed by atoms with Crippen LogP contribution in [0.5, 0.6) is 0 Å². The Labute approximate surface area is 110 Å². The number of nitrogens with zero attached hydrogens (tertiary/aromatic N) is 1. The predicted octanol–water partition coefficient (Wildman–Crippen LogP) is 4.01. The molecule has 0 aromatic heterocycles. The maximum absolute atomic E-state index is 6.20. The monoisotopic (exact) mass is 254 g/mol. The molecule has 1 aliphatic heterocycles. The Kier molecular flexibility index (Phi) is 5.76. The van der Waals surface area contributed by atoms with Crippen molar-refractivity contribution >= 4 is 16.8 Å². The standard InChI is InChI=1S/C14H23ClN2/c1-4-10(2)6-5-7-12-11(3)13(16)8-9-17-14(12)15/h8,10H,4-7,9,16H2,1-3H3. The van der Waals surface area contributed by atoms with Crippen molar-refractivity contribution < 1.29 is 0 Å². The molecule has 3 heteroatoms. The van der Waals surface area contributed by atoms with Crippen LogP contribution in [-0.4, -0.2) is 11.7 Å². The molecule has 1 atom stereocenters. The van der Waals surface area contributed by atoms with Crippen molar-refractivity contribution in [1.82, 2.24) is 0 Å². The van der Waals surface area contributed by atoms with E-state index in [1.54, 1.807) is 0 Å². The lowest BCUT2D eigenvalue weighted by atomic mass is 9.97. The summed E-state index contributed by atoms with van der Waals surface area (Å²) in [5, 5.41) is 0.642. The van der Waals surface area contributed by atoms with E-state index in [0.717, 1.165) is 35.6 Å². The van der Waals surface area contributed by atoms with E-state index in [0.29, 0.717) is 11.7 Å². The third kappa shape index (κ3) is 4.19. The Balaban J connectivity index is 2.66. The van der Waals surface area contributed by atoms with E-state index in [4.69, 9.17) is 17.3 Å². The summed E-state index contributed by atoms with van der Waals surface area (Å²) in [7, 11) is 0. The number of allylic oxidation sites excluding steroid dienone is 2. The van der Waals surface area contributed by atoms with E-state index >= 15 is 0 Å². The van der Waals surface area contributed by atoms with Gasteiger partial charge in [-0.3, -0.25) is 4.99 Å². The molecule has 0 spiro atoms. The van der Waals surface area contributed by atoms with Crippen molar-refractivity contribution in [2.75, 3.05) is 6.54 Å². The molecule has 2 N–H and O–H groups in total. The lowest BCUT2D eigenvalue weighted by Gasteiger charge is -2.12. The second kappa shape index (κ2) is 6.85. The molecule has 0 bridgehead atoms. The zero-order valence-corrected chi connectivity index (χ0v) is 11.8. The first-order valence-electron chi connectivity index (χ1n) is 6.42. The summed E-state index contributed by atoms with van der Waals surface area (Å²) < 4.78 is 0. The van der Waals surface area contributed by atoms with Gasteiger partial charge < -0.3 is 5.73 Å². The van der Waals surface area contributed by atoms with Gasteiger partial charge in [0.1, 0.15) is 5.17 Å². The zero-order chi connectivity index (χ0) is 12.8. The van der Waals surface area contributed by atoms with Crippen LogP contribution in [0.2, 0.25) is 0 Å². The lowest BCUT2D eigenvalue weighted by Crippen LogP contribution is -2.05. The molecule has 17 heavy (non-hydrogen) atoms. The van der Waals surface area contributed by atoms with Crippen LogP contribution in [0.4, 0.5) is 0 Å². The van der Waals surface area contributed by atoms with E-state index in [9.17, 15) is 0 Å². The van der Waals surface area contributed by atoms with Crippen molar-refractivity contribution in [3.05, 3.63) is 22.9 Å². The molecule has 1 heterocycles. The smallest absolute Gasteiger partial charge is 0.127 e. The third-order valence-corrected chi connectivity index (χ3v) is 3.84. The largest absolute Gasteiger partial charge is 0.399 e. The van der Waals surface area contributed by atoms with Crippen LogP contribution in [0.25, 0.3) is 0 Å². The van der Waals surface area contributed by atoms with Crippen LogP contribution >= 0.6 is 11.6 Å². The molecule has 0 amide bonds. The lowest BCUT2D eigenvalue weighted by molar-refractivity contribution is 0.496. The molecule has 0 radical (unpaired) electrons. The summed E-state index contributed by atoms with van der Waals surface area (Å²) in [6, 6.07) is 0. The Morgan fingerprint density at radius 2 is 2.24 bits per heavy atom. The summed E-state index contributed by atoms with van der Waals surface area (Å²) in [5.41, 5.74) is 9.01. The molecule has 0 fully saturated rings. The minimum Gasteiger partial charge on any atom is -0.399 e. The quantitative estimate of drug-likeness (QED) is 0.791. The molecule has 0 aromatic carbocycles. The Bertz CT molecular complexity index is 353. The summed E-state index contributed by atoms with van der Waals surface area (Å²) in [6.45, 7) is 7.15. The fraction of sp³-hybridized carbons (Fsp3) is 0.643. The van der Waals surface area contributed by atoms with Gasteiger partial charge in [0.15, 0.2) is 0 Å². The van der Waals surface area contributed by atoms with Gasteiger partial charge in [-0.15, -0.1) is 0 Å². The second-order valence-corrected chi connectivity index (χ2v) is 5.16. The summed E-state index contributed by atoms with van der Waals surface area (Å²) in [5.74, 6) is 0.783. The van der Waals surface area contributed by atoms with Crippen molar-refractivity contribution in [1.29, 1.82) is 0 Å². The van der Waals surface area contributed by atoms with Gasteiger partial charge in [-0.1, -0.05) is 38.3 Å². The second-order valence-electron chi connectivity index (χ2n) is 4.80. The normalized spacial score (nSPS) is 18.6. The van der Waals surface area contributed by atoms with Gasteiger partial charge in [0.2, 0.25) is 0 Å². The molecule has 1 rings (SSSR count). The molecule has 0 saturated carbocycles. The number of hydrogen-bond acceptors (Lipinski definition) is 2. The highest BCUT2D eigenvalue weighted by Gasteiger charge is 2.13. The summed E-state index contributed by atoms with van der Waals surface area (Å²) in [4.78, 5) is 4.29. The first kappa shape index (κ1) is 14.3. The summed E-state index contributed by atoms with van der Waals surface area (Å²) >= 11 is 6.20. The van der Waals surface area contributed by atoms with Crippen molar-refractivity contribution in [2.45, 2.75) is 46.5 Å². The highest BCUT2D eigenvalue weighted by atomic mass is 35.5. The SMILES string of the molecule is CCC(C)CCCC1=C(C)C(N)=CCN=C1Cl. The average molecular weight is 255 g/mol. The molecule has 0 aromatic rings. The number of nitrogens with two attached hydrogens (primary N) is 1. The van der Waals surface area contributed by atoms with Gasteiger partial charge >= 0.3 is 0 Å².